The number of amides is 2. The molecule has 7 nitrogen and oxygen atoms in total. The number of nitrogens with zero attached hydrogens (tertiary/aromatic N) is 2. The summed E-state index contributed by atoms with van der Waals surface area (Å²) in [5.41, 5.74) is 1.99. The molecule has 0 saturated heterocycles. The van der Waals surface area contributed by atoms with Crippen LogP contribution in [0.3, 0.4) is 0 Å². The molecule has 0 saturated carbocycles. The van der Waals surface area contributed by atoms with Crippen LogP contribution in [0.2, 0.25) is 0 Å². The molecule has 0 fully saturated rings. The average Bonchev–Trinajstić information content (AvgIpc) is 2.68. The number of ether oxygens (including phenoxy) is 1. The summed E-state index contributed by atoms with van der Waals surface area (Å²) >= 11 is 0. The molecule has 0 spiro atoms. The Bertz CT molecular complexity index is 821. The zero-order valence-electron chi connectivity index (χ0n) is 16.3. The highest BCUT2D eigenvalue weighted by Gasteiger charge is 2.16. The summed E-state index contributed by atoms with van der Waals surface area (Å²) in [6, 6.07) is 16.3. The molecule has 0 unspecified atom stereocenters. The van der Waals surface area contributed by atoms with Crippen LogP contribution in [-0.4, -0.2) is 61.9 Å². The van der Waals surface area contributed by atoms with E-state index in [0.29, 0.717) is 17.8 Å². The fourth-order valence-corrected chi connectivity index (χ4v) is 2.65. The van der Waals surface area contributed by atoms with Gasteiger partial charge in [-0.15, -0.1) is 0 Å². The summed E-state index contributed by atoms with van der Waals surface area (Å²) < 4.78 is 4.73. The molecule has 2 amide bonds. The predicted molar refractivity (Wildman–Crippen MR) is 107 cm³/mol. The van der Waals surface area contributed by atoms with E-state index in [-0.39, 0.29) is 24.9 Å². The summed E-state index contributed by atoms with van der Waals surface area (Å²) in [6.07, 6.45) is 0. The maximum atomic E-state index is 12.5. The van der Waals surface area contributed by atoms with E-state index in [2.05, 4.69) is 5.32 Å². The highest BCUT2D eigenvalue weighted by atomic mass is 16.5. The van der Waals surface area contributed by atoms with E-state index in [1.807, 2.05) is 30.3 Å². The molecule has 0 bridgehead atoms. The Morgan fingerprint density at radius 2 is 1.68 bits per heavy atom. The van der Waals surface area contributed by atoms with Gasteiger partial charge < -0.3 is 15.0 Å². The third-order valence-electron chi connectivity index (χ3n) is 4.00. The van der Waals surface area contributed by atoms with Crippen LogP contribution in [0.15, 0.2) is 54.6 Å². The van der Waals surface area contributed by atoms with E-state index in [4.69, 9.17) is 4.74 Å². The Balaban J connectivity index is 2.05. The molecule has 2 aromatic rings. The van der Waals surface area contributed by atoms with E-state index in [0.717, 1.165) is 5.56 Å². The van der Waals surface area contributed by atoms with E-state index in [1.54, 1.807) is 43.3 Å². The predicted octanol–water partition coefficient (Wildman–Crippen LogP) is 2.00. The molecule has 0 aliphatic rings. The van der Waals surface area contributed by atoms with Crippen molar-refractivity contribution in [2.24, 2.45) is 0 Å². The number of esters is 1. The summed E-state index contributed by atoms with van der Waals surface area (Å²) in [6.45, 7) is 0.441. The van der Waals surface area contributed by atoms with Crippen LogP contribution in [0.4, 0.5) is 5.69 Å². The molecule has 7 heteroatoms. The fourth-order valence-electron chi connectivity index (χ4n) is 2.65. The second-order valence-electron chi connectivity index (χ2n) is 6.54. The first-order valence-corrected chi connectivity index (χ1v) is 8.83. The molecule has 0 radical (unpaired) electrons. The maximum absolute atomic E-state index is 12.5. The zero-order valence-corrected chi connectivity index (χ0v) is 16.3. The number of rotatable bonds is 8. The van der Waals surface area contributed by atoms with Gasteiger partial charge >= 0.3 is 5.97 Å². The molecular weight excluding hydrogens is 358 g/mol. The molecule has 2 rings (SSSR count). The van der Waals surface area contributed by atoms with Gasteiger partial charge in [0.05, 0.1) is 20.2 Å². The average molecular weight is 383 g/mol. The molecule has 0 heterocycles. The van der Waals surface area contributed by atoms with Gasteiger partial charge in [-0.2, -0.15) is 0 Å². The van der Waals surface area contributed by atoms with E-state index >= 15 is 0 Å². The topological polar surface area (TPSA) is 79.0 Å². The number of carbonyl (C=O) groups excluding carboxylic acids is 3. The quantitative estimate of drug-likeness (QED) is 0.706. The molecule has 0 atom stereocenters. The smallest absolute Gasteiger partial charge is 0.319 e. The van der Waals surface area contributed by atoms with Gasteiger partial charge in [0.2, 0.25) is 5.91 Å². The second kappa shape index (κ2) is 10.2. The van der Waals surface area contributed by atoms with Crippen molar-refractivity contribution in [3.05, 3.63) is 65.7 Å². The lowest BCUT2D eigenvalue weighted by Crippen LogP contribution is -2.37. The highest BCUT2D eigenvalue weighted by Crippen LogP contribution is 2.12. The molecule has 0 aliphatic carbocycles. The van der Waals surface area contributed by atoms with Crippen LogP contribution in [0.25, 0.3) is 0 Å². The van der Waals surface area contributed by atoms with Crippen molar-refractivity contribution >= 4 is 23.5 Å². The molecule has 0 aliphatic heterocycles. The molecule has 28 heavy (non-hydrogen) atoms. The van der Waals surface area contributed by atoms with Crippen LogP contribution in [0, 0.1) is 0 Å². The second-order valence-corrected chi connectivity index (χ2v) is 6.54. The first-order chi connectivity index (χ1) is 13.4. The summed E-state index contributed by atoms with van der Waals surface area (Å²) in [7, 11) is 4.65. The van der Waals surface area contributed by atoms with Gasteiger partial charge in [0, 0.05) is 31.9 Å². The summed E-state index contributed by atoms with van der Waals surface area (Å²) in [5, 5.41) is 2.78. The molecule has 1 N–H and O–H groups in total. The van der Waals surface area contributed by atoms with Crippen molar-refractivity contribution in [2.75, 3.05) is 39.6 Å². The number of carbonyl (C=O) groups is 3. The van der Waals surface area contributed by atoms with Crippen molar-refractivity contribution in [3.63, 3.8) is 0 Å². The van der Waals surface area contributed by atoms with Gasteiger partial charge in [-0.05, 0) is 23.8 Å². The van der Waals surface area contributed by atoms with Crippen LogP contribution in [0.5, 0.6) is 0 Å². The van der Waals surface area contributed by atoms with Crippen LogP contribution >= 0.6 is 0 Å². The van der Waals surface area contributed by atoms with Crippen molar-refractivity contribution < 1.29 is 19.1 Å². The van der Waals surface area contributed by atoms with E-state index < -0.39 is 5.97 Å². The number of nitrogens with one attached hydrogen (secondary N) is 1. The largest absolute Gasteiger partial charge is 0.468 e. The number of anilines is 1. The Labute approximate surface area is 164 Å². The normalized spacial score (nSPS) is 10.4. The zero-order chi connectivity index (χ0) is 20.5. The summed E-state index contributed by atoms with van der Waals surface area (Å²) in [5.74, 6) is -0.843. The van der Waals surface area contributed by atoms with Crippen LogP contribution < -0.4 is 5.32 Å². The molecule has 0 aromatic heterocycles. The monoisotopic (exact) mass is 383 g/mol. The van der Waals surface area contributed by atoms with Crippen molar-refractivity contribution in [2.45, 2.75) is 6.54 Å². The third-order valence-corrected chi connectivity index (χ3v) is 4.00. The number of methoxy groups -OCH3 is 1. The standard InChI is InChI=1S/C21H25N3O4/c1-23(2)21(27)17-10-7-11-18(12-17)22-19(25)14-24(15-20(26)28-3)13-16-8-5-4-6-9-16/h4-12H,13-15H2,1-3H3,(H,22,25). The van der Waals surface area contributed by atoms with E-state index in [9.17, 15) is 14.4 Å². The Morgan fingerprint density at radius 1 is 0.964 bits per heavy atom. The van der Waals surface area contributed by atoms with E-state index in [1.165, 1.54) is 12.0 Å². The van der Waals surface area contributed by atoms with Gasteiger partial charge in [0.15, 0.2) is 0 Å². The first-order valence-electron chi connectivity index (χ1n) is 8.83. The van der Waals surface area contributed by atoms with Gasteiger partial charge in [0.25, 0.3) is 5.91 Å². The van der Waals surface area contributed by atoms with Gasteiger partial charge in [-0.25, -0.2) is 0 Å². The maximum Gasteiger partial charge on any atom is 0.319 e. The fraction of sp³-hybridized carbons (Fsp3) is 0.286. The highest BCUT2D eigenvalue weighted by molar-refractivity contribution is 5.97. The Kier molecular flexibility index (Phi) is 7.71. The molecule has 2 aromatic carbocycles. The Morgan fingerprint density at radius 3 is 2.32 bits per heavy atom. The molecular formula is C21H25N3O4. The SMILES string of the molecule is COC(=O)CN(CC(=O)Nc1cccc(C(=O)N(C)C)c1)Cc1ccccc1. The molecule has 148 valence electrons. The minimum absolute atomic E-state index is 0.00201. The van der Waals surface area contributed by atoms with Crippen LogP contribution in [0.1, 0.15) is 15.9 Å². The number of hydrogen-bond acceptors (Lipinski definition) is 5. The lowest BCUT2D eigenvalue weighted by Gasteiger charge is -2.20. The number of hydrogen-bond donors (Lipinski definition) is 1. The van der Waals surface area contributed by atoms with Crippen molar-refractivity contribution in [1.82, 2.24) is 9.80 Å². The minimum atomic E-state index is -0.415. The van der Waals surface area contributed by atoms with Gasteiger partial charge in [-0.3, -0.25) is 19.3 Å². The van der Waals surface area contributed by atoms with Crippen molar-refractivity contribution in [1.29, 1.82) is 0 Å². The van der Waals surface area contributed by atoms with Crippen molar-refractivity contribution in [3.8, 4) is 0 Å². The minimum Gasteiger partial charge on any atom is -0.468 e. The lowest BCUT2D eigenvalue weighted by molar-refractivity contribution is -0.142. The third kappa shape index (κ3) is 6.51. The lowest BCUT2D eigenvalue weighted by atomic mass is 10.2. The first kappa shape index (κ1) is 21.1. The summed E-state index contributed by atoms with van der Waals surface area (Å²) in [4.78, 5) is 39.4. The van der Waals surface area contributed by atoms with Gasteiger partial charge in [0.1, 0.15) is 0 Å². The number of benzene rings is 2. The Hall–Kier alpha value is -3.19. The van der Waals surface area contributed by atoms with Crippen LogP contribution in [-0.2, 0) is 20.9 Å². The van der Waals surface area contributed by atoms with Gasteiger partial charge in [-0.1, -0.05) is 36.4 Å².